The van der Waals surface area contributed by atoms with E-state index in [1.54, 1.807) is 0 Å². The van der Waals surface area contributed by atoms with Gasteiger partial charge in [-0.25, -0.2) is 0 Å². The van der Waals surface area contributed by atoms with E-state index < -0.39 is 0 Å². The summed E-state index contributed by atoms with van der Waals surface area (Å²) >= 11 is 0. The second kappa shape index (κ2) is 6.22. The monoisotopic (exact) mass is 206 g/mol. The van der Waals surface area contributed by atoms with Crippen molar-refractivity contribution in [3.05, 3.63) is 0 Å². The molecule has 1 fully saturated rings. The van der Waals surface area contributed by atoms with E-state index in [2.05, 4.69) is 0 Å². The van der Waals surface area contributed by atoms with Gasteiger partial charge < -0.3 is 10.6 Å². The van der Waals surface area contributed by atoms with Gasteiger partial charge in [-0.05, 0) is 25.7 Å². The molecule has 2 N–H and O–H groups in total. The maximum Gasteiger partial charge on any atom is 0.239 e. The Kier molecular flexibility index (Phi) is 6.08. The molecular weight excluding hydrogens is 188 g/mol. The van der Waals surface area contributed by atoms with Crippen LogP contribution in [0.25, 0.3) is 0 Å². The van der Waals surface area contributed by atoms with Crippen molar-refractivity contribution >= 4 is 18.3 Å². The summed E-state index contributed by atoms with van der Waals surface area (Å²) in [7, 11) is 0. The van der Waals surface area contributed by atoms with Gasteiger partial charge in [0.2, 0.25) is 5.91 Å². The van der Waals surface area contributed by atoms with E-state index in [0.717, 1.165) is 32.4 Å². The number of nitrogens with zero attached hydrogens (tertiary/aromatic N) is 1. The fraction of sp³-hybridized carbons (Fsp3) is 0.889. The molecule has 0 aromatic carbocycles. The van der Waals surface area contributed by atoms with E-state index in [1.807, 2.05) is 11.8 Å². The molecule has 1 rings (SSSR count). The number of amides is 1. The normalized spacial score (nSPS) is 19.1. The molecule has 0 saturated carbocycles. The van der Waals surface area contributed by atoms with E-state index in [-0.39, 0.29) is 24.4 Å². The largest absolute Gasteiger partial charge is 0.341 e. The number of hydrogen-bond donors (Lipinski definition) is 1. The van der Waals surface area contributed by atoms with Gasteiger partial charge in [0.05, 0.1) is 6.04 Å². The van der Waals surface area contributed by atoms with E-state index in [4.69, 9.17) is 5.73 Å². The van der Waals surface area contributed by atoms with Gasteiger partial charge in [0.15, 0.2) is 0 Å². The zero-order valence-electron chi connectivity index (χ0n) is 8.16. The first-order valence-corrected chi connectivity index (χ1v) is 4.80. The molecule has 13 heavy (non-hydrogen) atoms. The highest BCUT2D eigenvalue weighted by molar-refractivity contribution is 5.85. The van der Waals surface area contributed by atoms with Crippen molar-refractivity contribution in [2.24, 2.45) is 5.73 Å². The van der Waals surface area contributed by atoms with E-state index in [1.165, 1.54) is 6.42 Å². The summed E-state index contributed by atoms with van der Waals surface area (Å²) in [5.74, 6) is 0.136. The smallest absolute Gasteiger partial charge is 0.239 e. The predicted octanol–water partition coefficient (Wildman–Crippen LogP) is 1.16. The maximum atomic E-state index is 11.5. The Balaban J connectivity index is 0.00000144. The molecule has 0 aliphatic carbocycles. The number of piperidine rings is 1. The van der Waals surface area contributed by atoms with Crippen molar-refractivity contribution in [3.63, 3.8) is 0 Å². The third-order valence-corrected chi connectivity index (χ3v) is 2.42. The summed E-state index contributed by atoms with van der Waals surface area (Å²) in [5.41, 5.74) is 5.66. The summed E-state index contributed by atoms with van der Waals surface area (Å²) in [6.45, 7) is 3.77. The quantitative estimate of drug-likeness (QED) is 0.737. The number of carbonyl (C=O) groups is 1. The zero-order valence-corrected chi connectivity index (χ0v) is 8.98. The zero-order chi connectivity index (χ0) is 8.97. The van der Waals surface area contributed by atoms with Crippen molar-refractivity contribution < 1.29 is 4.79 Å². The molecule has 0 aromatic rings. The lowest BCUT2D eigenvalue weighted by molar-refractivity contribution is -0.133. The van der Waals surface area contributed by atoms with Crippen molar-refractivity contribution in [2.45, 2.75) is 38.6 Å². The lowest BCUT2D eigenvalue weighted by Gasteiger charge is -2.28. The third kappa shape index (κ3) is 3.53. The van der Waals surface area contributed by atoms with Crippen molar-refractivity contribution in [1.82, 2.24) is 4.90 Å². The summed E-state index contributed by atoms with van der Waals surface area (Å²) in [6.07, 6.45) is 4.28. The molecule has 0 spiro atoms. The number of hydrogen-bond acceptors (Lipinski definition) is 2. The molecule has 1 saturated heterocycles. The average Bonchev–Trinajstić information content (AvgIpc) is 2.17. The Morgan fingerprint density at radius 3 is 2.38 bits per heavy atom. The molecule has 1 atom stereocenters. The summed E-state index contributed by atoms with van der Waals surface area (Å²) in [6, 6.07) is -0.275. The first-order chi connectivity index (χ1) is 5.75. The predicted molar refractivity (Wildman–Crippen MR) is 55.9 cm³/mol. The molecular formula is C9H19ClN2O. The van der Waals surface area contributed by atoms with Gasteiger partial charge in [-0.15, -0.1) is 12.4 Å². The summed E-state index contributed by atoms with van der Waals surface area (Å²) in [4.78, 5) is 13.4. The minimum Gasteiger partial charge on any atom is -0.341 e. The first kappa shape index (κ1) is 12.7. The number of likely N-dealkylation sites (tertiary alicyclic amines) is 1. The molecule has 0 radical (unpaired) electrons. The highest BCUT2D eigenvalue weighted by Crippen LogP contribution is 2.09. The van der Waals surface area contributed by atoms with Crippen molar-refractivity contribution in [1.29, 1.82) is 0 Å². The van der Waals surface area contributed by atoms with E-state index in [9.17, 15) is 4.79 Å². The Bertz CT molecular complexity index is 158. The fourth-order valence-electron chi connectivity index (χ4n) is 1.52. The van der Waals surface area contributed by atoms with Crippen LogP contribution in [0.1, 0.15) is 32.6 Å². The second-order valence-corrected chi connectivity index (χ2v) is 3.40. The second-order valence-electron chi connectivity index (χ2n) is 3.40. The van der Waals surface area contributed by atoms with Crippen LogP contribution in [0.2, 0.25) is 0 Å². The van der Waals surface area contributed by atoms with E-state index in [0.29, 0.717) is 0 Å². The molecule has 1 unspecified atom stereocenters. The molecule has 1 heterocycles. The van der Waals surface area contributed by atoms with Crippen molar-refractivity contribution in [2.75, 3.05) is 13.1 Å². The van der Waals surface area contributed by atoms with Gasteiger partial charge in [-0.2, -0.15) is 0 Å². The van der Waals surface area contributed by atoms with Crippen LogP contribution in [0.15, 0.2) is 0 Å². The first-order valence-electron chi connectivity index (χ1n) is 4.80. The Labute approximate surface area is 86.1 Å². The maximum absolute atomic E-state index is 11.5. The molecule has 0 aromatic heterocycles. The van der Waals surface area contributed by atoms with Crippen LogP contribution < -0.4 is 5.73 Å². The van der Waals surface area contributed by atoms with Gasteiger partial charge in [0.25, 0.3) is 0 Å². The Hall–Kier alpha value is -0.280. The highest BCUT2D eigenvalue weighted by atomic mass is 35.5. The standard InChI is InChI=1S/C9H18N2O.ClH/c1-2-8(10)9(12)11-6-4-3-5-7-11;/h8H,2-7,10H2,1H3;1H. The van der Waals surface area contributed by atoms with Crippen LogP contribution in [-0.4, -0.2) is 29.9 Å². The minimum absolute atomic E-state index is 0. The number of carbonyl (C=O) groups excluding carboxylic acids is 1. The Morgan fingerprint density at radius 1 is 1.38 bits per heavy atom. The molecule has 1 aliphatic rings. The number of rotatable bonds is 2. The summed E-state index contributed by atoms with van der Waals surface area (Å²) < 4.78 is 0. The topological polar surface area (TPSA) is 46.3 Å². The fourth-order valence-corrected chi connectivity index (χ4v) is 1.52. The lowest BCUT2D eigenvalue weighted by atomic mass is 10.1. The van der Waals surface area contributed by atoms with Crippen LogP contribution in [0.4, 0.5) is 0 Å². The van der Waals surface area contributed by atoms with Crippen LogP contribution in [0.5, 0.6) is 0 Å². The Morgan fingerprint density at radius 2 is 1.92 bits per heavy atom. The van der Waals surface area contributed by atoms with Crippen LogP contribution in [-0.2, 0) is 4.79 Å². The van der Waals surface area contributed by atoms with Gasteiger partial charge in [0, 0.05) is 13.1 Å². The molecule has 78 valence electrons. The molecule has 3 nitrogen and oxygen atoms in total. The summed E-state index contributed by atoms with van der Waals surface area (Å²) in [5, 5.41) is 0. The van der Waals surface area contributed by atoms with Crippen LogP contribution in [0, 0.1) is 0 Å². The molecule has 1 aliphatic heterocycles. The van der Waals surface area contributed by atoms with Gasteiger partial charge in [-0.1, -0.05) is 6.92 Å². The van der Waals surface area contributed by atoms with Gasteiger partial charge in [0.1, 0.15) is 0 Å². The molecule has 0 bridgehead atoms. The van der Waals surface area contributed by atoms with Gasteiger partial charge in [-0.3, -0.25) is 4.79 Å². The van der Waals surface area contributed by atoms with Crippen molar-refractivity contribution in [3.8, 4) is 0 Å². The van der Waals surface area contributed by atoms with E-state index >= 15 is 0 Å². The SMILES string of the molecule is CCC(N)C(=O)N1CCCCC1.Cl. The van der Waals surface area contributed by atoms with Gasteiger partial charge >= 0.3 is 0 Å². The number of nitrogens with two attached hydrogens (primary N) is 1. The molecule has 4 heteroatoms. The van der Waals surface area contributed by atoms with Crippen LogP contribution in [0.3, 0.4) is 0 Å². The van der Waals surface area contributed by atoms with Crippen LogP contribution >= 0.6 is 12.4 Å². The average molecular weight is 207 g/mol. The third-order valence-electron chi connectivity index (χ3n) is 2.42. The number of halogens is 1. The minimum atomic E-state index is -0.275. The highest BCUT2D eigenvalue weighted by Gasteiger charge is 2.20. The molecule has 1 amide bonds. The lowest BCUT2D eigenvalue weighted by Crippen LogP contribution is -2.45.